The number of rotatable bonds is 4. The number of pyridine rings is 1. The molecule has 10 heteroatoms. The largest absolute Gasteiger partial charge is 0.465 e. The van der Waals surface area contributed by atoms with Gasteiger partial charge in [-0.15, -0.1) is 0 Å². The summed E-state index contributed by atoms with van der Waals surface area (Å²) in [6.07, 6.45) is 1.27. The highest BCUT2D eigenvalue weighted by Crippen LogP contribution is 2.25. The molecule has 0 atom stereocenters. The first-order valence-electron chi connectivity index (χ1n) is 5.97. The molecule has 0 aliphatic rings. The first kappa shape index (κ1) is 17.1. The molecule has 2 aromatic rings. The minimum absolute atomic E-state index is 0.323. The van der Waals surface area contributed by atoms with Crippen LogP contribution in [0.2, 0.25) is 5.15 Å². The molecule has 0 bridgehead atoms. The van der Waals surface area contributed by atoms with Gasteiger partial charge in [-0.2, -0.15) is 0 Å². The minimum atomic E-state index is -4.29. The third-order valence-electron chi connectivity index (χ3n) is 2.72. The summed E-state index contributed by atoms with van der Waals surface area (Å²) in [5, 5.41) is -0.323. The number of benzene rings is 1. The first-order chi connectivity index (χ1) is 10.8. The molecule has 122 valence electrons. The second-order valence-corrected chi connectivity index (χ2v) is 6.21. The predicted molar refractivity (Wildman–Crippen MR) is 77.8 cm³/mol. The van der Waals surface area contributed by atoms with Crippen LogP contribution in [0.15, 0.2) is 35.4 Å². The molecule has 1 aromatic heterocycles. The zero-order valence-electron chi connectivity index (χ0n) is 11.5. The van der Waals surface area contributed by atoms with Crippen LogP contribution in [-0.4, -0.2) is 26.5 Å². The molecule has 23 heavy (non-hydrogen) atoms. The van der Waals surface area contributed by atoms with Gasteiger partial charge in [-0.05, 0) is 18.2 Å². The van der Waals surface area contributed by atoms with Crippen molar-refractivity contribution < 1.29 is 26.7 Å². The highest BCUT2D eigenvalue weighted by molar-refractivity contribution is 7.92. The third kappa shape index (κ3) is 3.57. The number of esters is 1. The molecule has 1 N–H and O–H groups in total. The van der Waals surface area contributed by atoms with E-state index in [4.69, 9.17) is 11.6 Å². The lowest BCUT2D eigenvalue weighted by atomic mass is 10.2. The molecule has 0 aliphatic heterocycles. The lowest BCUT2D eigenvalue weighted by Gasteiger charge is -2.11. The Morgan fingerprint density at radius 2 is 2.00 bits per heavy atom. The van der Waals surface area contributed by atoms with E-state index in [0.29, 0.717) is 12.1 Å². The van der Waals surface area contributed by atoms with Crippen LogP contribution in [0.4, 0.5) is 14.5 Å². The van der Waals surface area contributed by atoms with E-state index in [1.165, 1.54) is 12.3 Å². The smallest absolute Gasteiger partial charge is 0.340 e. The maximum absolute atomic E-state index is 13.8. The van der Waals surface area contributed by atoms with E-state index >= 15 is 0 Å². The molecule has 6 nitrogen and oxygen atoms in total. The summed E-state index contributed by atoms with van der Waals surface area (Å²) in [5.41, 5.74) is -1.25. The minimum Gasteiger partial charge on any atom is -0.465 e. The van der Waals surface area contributed by atoms with Crippen LogP contribution in [0, 0.1) is 11.6 Å². The van der Waals surface area contributed by atoms with Crippen LogP contribution >= 0.6 is 11.6 Å². The maximum atomic E-state index is 13.8. The second-order valence-electron chi connectivity index (χ2n) is 4.20. The highest BCUT2D eigenvalue weighted by atomic mass is 35.5. The van der Waals surface area contributed by atoms with Crippen LogP contribution in [0.25, 0.3) is 0 Å². The summed E-state index contributed by atoms with van der Waals surface area (Å²) < 4.78 is 57.9. The third-order valence-corrected chi connectivity index (χ3v) is 4.53. The van der Waals surface area contributed by atoms with Crippen molar-refractivity contribution in [1.82, 2.24) is 4.98 Å². The molecule has 1 heterocycles. The van der Waals surface area contributed by atoms with Gasteiger partial charge in [-0.25, -0.2) is 27.0 Å². The number of carbonyl (C=O) groups is 1. The Hall–Kier alpha value is -2.26. The SMILES string of the molecule is COC(=O)c1cc(NS(=O)(=O)c2cccnc2Cl)c(F)cc1F. The average molecular weight is 363 g/mol. The van der Waals surface area contributed by atoms with Gasteiger partial charge in [-0.1, -0.05) is 11.6 Å². The van der Waals surface area contributed by atoms with Crippen LogP contribution in [0.1, 0.15) is 10.4 Å². The summed E-state index contributed by atoms with van der Waals surface area (Å²) in [4.78, 5) is 14.6. The van der Waals surface area contributed by atoms with E-state index < -0.39 is 43.8 Å². The Morgan fingerprint density at radius 3 is 2.61 bits per heavy atom. The first-order valence-corrected chi connectivity index (χ1v) is 7.83. The molecular weight excluding hydrogens is 354 g/mol. The number of aromatic nitrogens is 1. The van der Waals surface area contributed by atoms with Gasteiger partial charge in [0.25, 0.3) is 10.0 Å². The number of methoxy groups -OCH3 is 1. The topological polar surface area (TPSA) is 85.4 Å². The molecule has 2 rings (SSSR count). The van der Waals surface area contributed by atoms with Gasteiger partial charge in [-0.3, -0.25) is 4.72 Å². The number of hydrogen-bond acceptors (Lipinski definition) is 5. The average Bonchev–Trinajstić information content (AvgIpc) is 2.49. The fourth-order valence-electron chi connectivity index (χ4n) is 1.67. The summed E-state index contributed by atoms with van der Waals surface area (Å²) >= 11 is 5.69. The van der Waals surface area contributed by atoms with Crippen molar-refractivity contribution in [3.8, 4) is 0 Å². The van der Waals surface area contributed by atoms with Gasteiger partial charge in [0, 0.05) is 12.3 Å². The number of nitrogens with zero attached hydrogens (tertiary/aromatic N) is 1. The summed E-state index contributed by atoms with van der Waals surface area (Å²) in [6, 6.07) is 3.54. The summed E-state index contributed by atoms with van der Waals surface area (Å²) in [7, 11) is -3.28. The second kappa shape index (κ2) is 6.47. The number of carbonyl (C=O) groups excluding carboxylic acids is 1. The van der Waals surface area contributed by atoms with Gasteiger partial charge >= 0.3 is 5.97 Å². The Balaban J connectivity index is 2.48. The fraction of sp³-hybridized carbons (Fsp3) is 0.0769. The van der Waals surface area contributed by atoms with E-state index in [9.17, 15) is 22.0 Å². The molecule has 1 aromatic carbocycles. The molecule has 0 radical (unpaired) electrons. The fourth-order valence-corrected chi connectivity index (χ4v) is 3.18. The van der Waals surface area contributed by atoms with Gasteiger partial charge in [0.2, 0.25) is 0 Å². The zero-order valence-corrected chi connectivity index (χ0v) is 13.1. The number of anilines is 1. The van der Waals surface area contributed by atoms with E-state index in [2.05, 4.69) is 9.72 Å². The van der Waals surface area contributed by atoms with Crippen molar-refractivity contribution in [3.63, 3.8) is 0 Å². The van der Waals surface area contributed by atoms with Crippen molar-refractivity contribution in [2.75, 3.05) is 11.8 Å². The van der Waals surface area contributed by atoms with Crippen molar-refractivity contribution in [3.05, 3.63) is 52.8 Å². The Labute approximate surface area is 135 Å². The van der Waals surface area contributed by atoms with Crippen molar-refractivity contribution >= 4 is 33.3 Å². The molecule has 0 aliphatic carbocycles. The highest BCUT2D eigenvalue weighted by Gasteiger charge is 2.23. The number of hydrogen-bond donors (Lipinski definition) is 1. The van der Waals surface area contributed by atoms with Gasteiger partial charge in [0.1, 0.15) is 21.7 Å². The van der Waals surface area contributed by atoms with Crippen molar-refractivity contribution in [1.29, 1.82) is 0 Å². The monoisotopic (exact) mass is 362 g/mol. The normalized spacial score (nSPS) is 11.1. The number of ether oxygens (including phenoxy) is 1. The van der Waals surface area contributed by atoms with Crippen molar-refractivity contribution in [2.24, 2.45) is 0 Å². The molecule has 0 amide bonds. The quantitative estimate of drug-likeness (QED) is 0.667. The summed E-state index contributed by atoms with van der Waals surface area (Å²) in [5.74, 6) is -3.47. The standard InChI is InChI=1S/C13H9ClF2N2O4S/c1-22-13(19)7-5-10(9(16)6-8(7)15)18-23(20,21)11-3-2-4-17-12(11)14/h2-6,18H,1H3. The van der Waals surface area contributed by atoms with E-state index in [1.807, 2.05) is 4.72 Å². The molecule has 0 spiro atoms. The molecular formula is C13H9ClF2N2O4S. The van der Waals surface area contributed by atoms with Crippen LogP contribution in [0.3, 0.4) is 0 Å². The number of nitrogens with one attached hydrogen (secondary N) is 1. The summed E-state index contributed by atoms with van der Waals surface area (Å²) in [6.45, 7) is 0. The molecule has 0 fully saturated rings. The van der Waals surface area contributed by atoms with Crippen LogP contribution in [-0.2, 0) is 14.8 Å². The molecule has 0 unspecified atom stereocenters. The molecule has 0 saturated carbocycles. The Kier molecular flexibility index (Phi) is 4.81. The maximum Gasteiger partial charge on any atom is 0.340 e. The van der Waals surface area contributed by atoms with Gasteiger partial charge < -0.3 is 4.74 Å². The van der Waals surface area contributed by atoms with Gasteiger partial charge in [0.15, 0.2) is 0 Å². The predicted octanol–water partition coefficient (Wildman–Crippen LogP) is 2.60. The van der Waals surface area contributed by atoms with Crippen LogP contribution in [0.5, 0.6) is 0 Å². The lowest BCUT2D eigenvalue weighted by molar-refractivity contribution is 0.0595. The number of sulfonamides is 1. The van der Waals surface area contributed by atoms with E-state index in [-0.39, 0.29) is 5.15 Å². The zero-order chi connectivity index (χ0) is 17.2. The van der Waals surface area contributed by atoms with Crippen LogP contribution < -0.4 is 4.72 Å². The molecule has 0 saturated heterocycles. The van der Waals surface area contributed by atoms with E-state index in [1.54, 1.807) is 0 Å². The van der Waals surface area contributed by atoms with Crippen molar-refractivity contribution in [2.45, 2.75) is 4.90 Å². The Morgan fingerprint density at radius 1 is 1.30 bits per heavy atom. The van der Waals surface area contributed by atoms with E-state index in [0.717, 1.165) is 13.2 Å². The van der Waals surface area contributed by atoms with Gasteiger partial charge in [0.05, 0.1) is 18.4 Å². The number of halogens is 3. The lowest BCUT2D eigenvalue weighted by Crippen LogP contribution is -2.16. The Bertz CT molecular complexity index is 874.